The zero-order valence-electron chi connectivity index (χ0n) is 10.3. The van der Waals surface area contributed by atoms with Crippen LogP contribution < -0.4 is 0 Å². The molecule has 18 heavy (non-hydrogen) atoms. The monoisotopic (exact) mass is 278 g/mol. The van der Waals surface area contributed by atoms with E-state index in [1.54, 1.807) is 11.8 Å². The van der Waals surface area contributed by atoms with Crippen LogP contribution in [-0.2, 0) is 19.6 Å². The first-order valence-corrected chi connectivity index (χ1v) is 7.45. The van der Waals surface area contributed by atoms with Crippen molar-refractivity contribution in [3.05, 3.63) is 0 Å². The highest BCUT2D eigenvalue weighted by atomic mass is 32.2. The molecule has 7 nitrogen and oxygen atoms in total. The summed E-state index contributed by atoms with van der Waals surface area (Å²) in [5, 5.41) is 8.56. The van der Waals surface area contributed by atoms with E-state index in [1.165, 1.54) is 0 Å². The third kappa shape index (κ3) is 3.95. The minimum atomic E-state index is -3.77. The molecule has 0 atom stereocenters. The fourth-order valence-electron chi connectivity index (χ4n) is 1.89. The number of carbonyl (C=O) groups excluding carboxylic acids is 1. The van der Waals surface area contributed by atoms with Crippen molar-refractivity contribution in [1.29, 1.82) is 0 Å². The van der Waals surface area contributed by atoms with Crippen LogP contribution in [0, 0.1) is 0 Å². The van der Waals surface area contributed by atoms with Gasteiger partial charge < -0.3 is 10.0 Å². The number of amides is 1. The van der Waals surface area contributed by atoms with E-state index >= 15 is 0 Å². The zero-order valence-corrected chi connectivity index (χ0v) is 11.1. The summed E-state index contributed by atoms with van der Waals surface area (Å²) in [7, 11) is -3.77. The van der Waals surface area contributed by atoms with Gasteiger partial charge in [-0.05, 0) is 6.42 Å². The fraction of sp³-hybridized carbons (Fsp3) is 0.800. The summed E-state index contributed by atoms with van der Waals surface area (Å²) < 4.78 is 24.6. The quantitative estimate of drug-likeness (QED) is 0.737. The molecule has 1 N–H and O–H groups in total. The number of sulfonamides is 1. The van der Waals surface area contributed by atoms with Gasteiger partial charge >= 0.3 is 5.97 Å². The lowest BCUT2D eigenvalue weighted by atomic mass is 10.3. The van der Waals surface area contributed by atoms with Crippen molar-refractivity contribution in [3.8, 4) is 0 Å². The normalized spacial score (nSPS) is 18.4. The Balaban J connectivity index is 2.67. The van der Waals surface area contributed by atoms with Crippen LogP contribution in [0.4, 0.5) is 0 Å². The molecule has 0 bridgehead atoms. The Hall–Kier alpha value is -1.15. The predicted octanol–water partition coefficient (Wildman–Crippen LogP) is -0.655. The molecular weight excluding hydrogens is 260 g/mol. The molecule has 0 aromatic rings. The number of carboxylic acid groups (broad SMARTS) is 1. The Morgan fingerprint density at radius 2 is 1.83 bits per heavy atom. The minimum absolute atomic E-state index is 0.00696. The third-order valence-electron chi connectivity index (χ3n) is 2.81. The van der Waals surface area contributed by atoms with E-state index in [-0.39, 0.29) is 19.0 Å². The second-order valence-electron chi connectivity index (χ2n) is 4.14. The van der Waals surface area contributed by atoms with Crippen LogP contribution in [0.15, 0.2) is 0 Å². The number of carboxylic acids is 1. The first kappa shape index (κ1) is 14.9. The summed E-state index contributed by atoms with van der Waals surface area (Å²) in [6.07, 6.45) is 0.923. The maximum Gasteiger partial charge on any atom is 0.320 e. The first-order valence-electron chi connectivity index (χ1n) is 5.84. The van der Waals surface area contributed by atoms with Gasteiger partial charge in [-0.15, -0.1) is 0 Å². The maximum atomic E-state index is 11.7. The second kappa shape index (κ2) is 6.14. The molecule has 104 valence electrons. The molecule has 0 saturated carbocycles. The summed E-state index contributed by atoms with van der Waals surface area (Å²) in [6.45, 7) is 3.04. The molecule has 1 fully saturated rings. The van der Waals surface area contributed by atoms with Crippen molar-refractivity contribution in [2.75, 3.05) is 31.9 Å². The smallest absolute Gasteiger partial charge is 0.320 e. The predicted molar refractivity (Wildman–Crippen MR) is 64.5 cm³/mol. The summed E-state index contributed by atoms with van der Waals surface area (Å²) in [5.74, 6) is -2.26. The van der Waals surface area contributed by atoms with E-state index in [9.17, 15) is 18.0 Å². The van der Waals surface area contributed by atoms with E-state index in [0.717, 1.165) is 4.31 Å². The fourth-order valence-corrected chi connectivity index (χ4v) is 3.15. The molecule has 0 aromatic heterocycles. The van der Waals surface area contributed by atoms with Gasteiger partial charge in [-0.25, -0.2) is 8.42 Å². The van der Waals surface area contributed by atoms with Gasteiger partial charge in [0, 0.05) is 32.6 Å². The van der Waals surface area contributed by atoms with Crippen molar-refractivity contribution >= 4 is 21.9 Å². The second-order valence-corrected chi connectivity index (χ2v) is 6.11. The molecule has 1 rings (SSSR count). The van der Waals surface area contributed by atoms with Crippen LogP contribution >= 0.6 is 0 Å². The molecule has 1 amide bonds. The number of hydrogen-bond acceptors (Lipinski definition) is 4. The van der Waals surface area contributed by atoms with Crippen LogP contribution in [0.1, 0.15) is 19.8 Å². The van der Waals surface area contributed by atoms with Crippen molar-refractivity contribution in [3.63, 3.8) is 0 Å². The van der Waals surface area contributed by atoms with Gasteiger partial charge in [-0.2, -0.15) is 4.31 Å². The Morgan fingerprint density at radius 1 is 1.17 bits per heavy atom. The van der Waals surface area contributed by atoms with Crippen molar-refractivity contribution in [2.45, 2.75) is 19.8 Å². The lowest BCUT2D eigenvalue weighted by Gasteiger charge is -2.21. The van der Waals surface area contributed by atoms with Crippen molar-refractivity contribution in [2.24, 2.45) is 0 Å². The molecule has 1 heterocycles. The number of carbonyl (C=O) groups is 2. The SMILES string of the molecule is CCC(=O)N1CCCN(S(=O)(=O)CC(=O)O)CC1. The highest BCUT2D eigenvalue weighted by Crippen LogP contribution is 2.09. The minimum Gasteiger partial charge on any atom is -0.480 e. The molecule has 0 radical (unpaired) electrons. The Bertz CT molecular complexity index is 420. The summed E-state index contributed by atoms with van der Waals surface area (Å²) in [4.78, 5) is 23.6. The Labute approximate surface area is 106 Å². The van der Waals surface area contributed by atoms with Gasteiger partial charge in [0.2, 0.25) is 15.9 Å². The Kier molecular flexibility index (Phi) is 5.09. The van der Waals surface area contributed by atoms with Crippen LogP contribution in [0.5, 0.6) is 0 Å². The number of aliphatic carboxylic acids is 1. The van der Waals surface area contributed by atoms with Gasteiger partial charge in [0.15, 0.2) is 5.75 Å². The van der Waals surface area contributed by atoms with Crippen molar-refractivity contribution in [1.82, 2.24) is 9.21 Å². The lowest BCUT2D eigenvalue weighted by molar-refractivity contribution is -0.134. The van der Waals surface area contributed by atoms with Gasteiger partial charge in [0.1, 0.15) is 0 Å². The number of hydrogen-bond donors (Lipinski definition) is 1. The summed E-state index contributed by atoms with van der Waals surface area (Å²) in [5.41, 5.74) is 0. The molecule has 1 aliphatic rings. The molecule has 8 heteroatoms. The summed E-state index contributed by atoms with van der Waals surface area (Å²) >= 11 is 0. The number of rotatable bonds is 4. The molecule has 0 unspecified atom stereocenters. The highest BCUT2D eigenvalue weighted by Gasteiger charge is 2.28. The molecule has 0 aliphatic carbocycles. The van der Waals surface area contributed by atoms with Gasteiger partial charge in [-0.3, -0.25) is 9.59 Å². The average molecular weight is 278 g/mol. The molecule has 1 aliphatic heterocycles. The molecular formula is C10H18N2O5S. The van der Waals surface area contributed by atoms with Gasteiger partial charge in [0.05, 0.1) is 0 Å². The van der Waals surface area contributed by atoms with E-state index < -0.39 is 21.7 Å². The molecule has 0 aromatic carbocycles. The van der Waals surface area contributed by atoms with E-state index in [4.69, 9.17) is 5.11 Å². The summed E-state index contributed by atoms with van der Waals surface area (Å²) in [6, 6.07) is 0. The standard InChI is InChI=1S/C10H18N2O5S/c1-2-9(13)11-4-3-5-12(7-6-11)18(16,17)8-10(14)15/h2-8H2,1H3,(H,14,15). The third-order valence-corrected chi connectivity index (χ3v) is 4.57. The van der Waals surface area contributed by atoms with Crippen molar-refractivity contribution < 1.29 is 23.1 Å². The number of nitrogens with zero attached hydrogens (tertiary/aromatic N) is 2. The average Bonchev–Trinajstić information content (AvgIpc) is 2.52. The van der Waals surface area contributed by atoms with Crippen LogP contribution in [0.25, 0.3) is 0 Å². The van der Waals surface area contributed by atoms with Crippen LogP contribution in [-0.4, -0.2) is 66.5 Å². The molecule has 1 saturated heterocycles. The van der Waals surface area contributed by atoms with Crippen LogP contribution in [0.2, 0.25) is 0 Å². The van der Waals surface area contributed by atoms with Gasteiger partial charge in [-0.1, -0.05) is 6.92 Å². The van der Waals surface area contributed by atoms with E-state index in [0.29, 0.717) is 25.9 Å². The maximum absolute atomic E-state index is 11.7. The van der Waals surface area contributed by atoms with E-state index in [1.807, 2.05) is 0 Å². The highest BCUT2D eigenvalue weighted by molar-refractivity contribution is 7.89. The lowest BCUT2D eigenvalue weighted by Crippen LogP contribution is -2.39. The van der Waals surface area contributed by atoms with E-state index in [2.05, 4.69) is 0 Å². The molecule has 0 spiro atoms. The van der Waals surface area contributed by atoms with Crippen LogP contribution in [0.3, 0.4) is 0 Å². The largest absolute Gasteiger partial charge is 0.480 e. The first-order chi connectivity index (χ1) is 8.36. The topological polar surface area (TPSA) is 95.0 Å². The zero-order chi connectivity index (χ0) is 13.8. The van der Waals surface area contributed by atoms with Gasteiger partial charge in [0.25, 0.3) is 0 Å². The Morgan fingerprint density at radius 3 is 2.39 bits per heavy atom.